The van der Waals surface area contributed by atoms with Gasteiger partial charge in [0.1, 0.15) is 5.82 Å². The first-order chi connectivity index (χ1) is 8.83. The van der Waals surface area contributed by atoms with Crippen LogP contribution in [-0.4, -0.2) is 51.8 Å². The van der Waals surface area contributed by atoms with Gasteiger partial charge in [0.2, 0.25) is 0 Å². The van der Waals surface area contributed by atoms with Crippen molar-refractivity contribution in [1.29, 1.82) is 0 Å². The second-order valence-corrected chi connectivity index (χ2v) is 4.94. The Morgan fingerprint density at radius 3 is 3.17 bits per heavy atom. The minimum absolute atomic E-state index is 0.225. The Kier molecular flexibility index (Phi) is 5.16. The maximum Gasteiger partial charge on any atom is 0.122 e. The summed E-state index contributed by atoms with van der Waals surface area (Å²) in [5, 5.41) is 12.7. The fraction of sp³-hybridized carbons (Fsp3) is 0.769. The van der Waals surface area contributed by atoms with E-state index in [4.69, 9.17) is 0 Å². The van der Waals surface area contributed by atoms with Crippen LogP contribution in [0.1, 0.15) is 25.6 Å². The highest BCUT2D eigenvalue weighted by Crippen LogP contribution is 2.10. The monoisotopic (exact) mass is 252 g/mol. The molecule has 0 saturated carbocycles. The van der Waals surface area contributed by atoms with Crippen LogP contribution >= 0.6 is 0 Å². The summed E-state index contributed by atoms with van der Waals surface area (Å²) in [7, 11) is 0. The van der Waals surface area contributed by atoms with Gasteiger partial charge in [-0.25, -0.2) is 4.98 Å². The molecule has 2 heterocycles. The molecular weight excluding hydrogens is 228 g/mol. The second-order valence-electron chi connectivity index (χ2n) is 4.94. The Labute approximate surface area is 109 Å². The zero-order valence-corrected chi connectivity index (χ0v) is 11.2. The first-order valence-corrected chi connectivity index (χ1v) is 6.90. The van der Waals surface area contributed by atoms with Crippen molar-refractivity contribution in [2.45, 2.75) is 38.9 Å². The Balaban J connectivity index is 1.74. The normalized spacial score (nSPS) is 17.7. The number of hydrogen-bond donors (Lipinski definition) is 2. The van der Waals surface area contributed by atoms with Gasteiger partial charge >= 0.3 is 0 Å². The van der Waals surface area contributed by atoms with Crippen molar-refractivity contribution >= 4 is 0 Å². The zero-order chi connectivity index (χ0) is 12.8. The van der Waals surface area contributed by atoms with Crippen molar-refractivity contribution < 1.29 is 5.11 Å². The molecule has 0 saturated heterocycles. The highest BCUT2D eigenvalue weighted by molar-refractivity contribution is 4.95. The van der Waals surface area contributed by atoms with Crippen LogP contribution in [0.3, 0.4) is 0 Å². The summed E-state index contributed by atoms with van der Waals surface area (Å²) in [5.41, 5.74) is 0. The molecule has 0 amide bonds. The van der Waals surface area contributed by atoms with Crippen LogP contribution in [0.2, 0.25) is 0 Å². The molecule has 1 unspecified atom stereocenters. The summed E-state index contributed by atoms with van der Waals surface area (Å²) in [6, 6.07) is 0.228. The third-order valence-electron chi connectivity index (χ3n) is 3.52. The number of nitrogens with zero attached hydrogens (tertiary/aromatic N) is 3. The Morgan fingerprint density at radius 2 is 2.39 bits per heavy atom. The average molecular weight is 252 g/mol. The van der Waals surface area contributed by atoms with Crippen LogP contribution < -0.4 is 5.32 Å². The number of imidazole rings is 1. The number of fused-ring (bicyclic) bond motifs is 1. The summed E-state index contributed by atoms with van der Waals surface area (Å²) in [6.45, 7) is 7.41. The largest absolute Gasteiger partial charge is 0.395 e. The highest BCUT2D eigenvalue weighted by Gasteiger charge is 2.17. The molecule has 0 aliphatic carbocycles. The van der Waals surface area contributed by atoms with Crippen molar-refractivity contribution in [2.24, 2.45) is 0 Å². The van der Waals surface area contributed by atoms with Crippen LogP contribution in [-0.2, 0) is 13.1 Å². The molecule has 1 aliphatic heterocycles. The average Bonchev–Trinajstić information content (AvgIpc) is 2.86. The summed E-state index contributed by atoms with van der Waals surface area (Å²) in [5.74, 6) is 1.16. The van der Waals surface area contributed by atoms with E-state index < -0.39 is 0 Å². The molecule has 1 atom stereocenters. The Hall–Kier alpha value is -0.910. The van der Waals surface area contributed by atoms with E-state index in [0.29, 0.717) is 0 Å². The van der Waals surface area contributed by atoms with Gasteiger partial charge in [-0.15, -0.1) is 0 Å². The molecule has 0 aromatic carbocycles. The molecule has 102 valence electrons. The standard InChI is InChI=1S/C13H24N4O/c1-2-4-14-12(11-18)3-6-16-8-9-17-7-5-15-13(17)10-16/h5,7,12,14,18H,2-4,6,8-11H2,1H3. The van der Waals surface area contributed by atoms with Crippen LogP contribution in [0, 0.1) is 0 Å². The lowest BCUT2D eigenvalue weighted by Gasteiger charge is -2.28. The van der Waals surface area contributed by atoms with E-state index in [2.05, 4.69) is 26.7 Å². The SMILES string of the molecule is CCCNC(CO)CCN1CCn2ccnc2C1. The molecule has 1 aliphatic rings. The van der Waals surface area contributed by atoms with Gasteiger partial charge < -0.3 is 15.0 Å². The summed E-state index contributed by atoms with van der Waals surface area (Å²) in [6.07, 6.45) is 6.03. The number of aromatic nitrogens is 2. The predicted molar refractivity (Wildman–Crippen MR) is 71.3 cm³/mol. The van der Waals surface area contributed by atoms with Gasteiger partial charge in [-0.1, -0.05) is 6.92 Å². The molecule has 0 radical (unpaired) electrons. The first-order valence-electron chi connectivity index (χ1n) is 6.90. The number of aliphatic hydroxyl groups excluding tert-OH is 1. The maximum atomic E-state index is 9.31. The van der Waals surface area contributed by atoms with E-state index in [-0.39, 0.29) is 12.6 Å². The fourth-order valence-corrected chi connectivity index (χ4v) is 2.36. The van der Waals surface area contributed by atoms with Gasteiger partial charge in [0.05, 0.1) is 13.2 Å². The molecule has 2 N–H and O–H groups in total. The van der Waals surface area contributed by atoms with Gasteiger partial charge in [0.15, 0.2) is 0 Å². The molecule has 5 heteroatoms. The number of aliphatic hydroxyl groups is 1. The van der Waals surface area contributed by atoms with Crippen molar-refractivity contribution in [3.8, 4) is 0 Å². The van der Waals surface area contributed by atoms with E-state index in [1.807, 2.05) is 12.4 Å². The van der Waals surface area contributed by atoms with Crippen molar-refractivity contribution in [3.63, 3.8) is 0 Å². The summed E-state index contributed by atoms with van der Waals surface area (Å²) < 4.78 is 2.22. The molecule has 0 bridgehead atoms. The molecule has 1 aromatic heterocycles. The van der Waals surface area contributed by atoms with Gasteiger partial charge in [-0.3, -0.25) is 4.90 Å². The first kappa shape index (κ1) is 13.5. The smallest absolute Gasteiger partial charge is 0.122 e. The van der Waals surface area contributed by atoms with E-state index in [1.165, 1.54) is 0 Å². The lowest BCUT2D eigenvalue weighted by molar-refractivity contribution is 0.182. The topological polar surface area (TPSA) is 53.3 Å². The van der Waals surface area contributed by atoms with Crippen LogP contribution in [0.15, 0.2) is 12.4 Å². The van der Waals surface area contributed by atoms with Gasteiger partial charge in [-0.2, -0.15) is 0 Å². The van der Waals surface area contributed by atoms with E-state index in [1.54, 1.807) is 0 Å². The number of hydrogen-bond acceptors (Lipinski definition) is 4. The summed E-state index contributed by atoms with van der Waals surface area (Å²) >= 11 is 0. The van der Waals surface area contributed by atoms with Gasteiger partial charge in [0.25, 0.3) is 0 Å². The molecule has 1 aromatic rings. The third-order valence-corrected chi connectivity index (χ3v) is 3.52. The quantitative estimate of drug-likeness (QED) is 0.740. The van der Waals surface area contributed by atoms with Crippen LogP contribution in [0.4, 0.5) is 0 Å². The fourth-order valence-electron chi connectivity index (χ4n) is 2.36. The number of rotatable bonds is 7. The van der Waals surface area contributed by atoms with E-state index in [9.17, 15) is 5.11 Å². The van der Waals surface area contributed by atoms with E-state index >= 15 is 0 Å². The molecule has 0 spiro atoms. The Morgan fingerprint density at radius 1 is 1.50 bits per heavy atom. The number of nitrogens with one attached hydrogen (secondary N) is 1. The molecule has 2 rings (SSSR count). The lowest BCUT2D eigenvalue weighted by Crippen LogP contribution is -2.39. The maximum absolute atomic E-state index is 9.31. The minimum atomic E-state index is 0.225. The molecule has 5 nitrogen and oxygen atoms in total. The van der Waals surface area contributed by atoms with Crippen LogP contribution in [0.25, 0.3) is 0 Å². The zero-order valence-electron chi connectivity index (χ0n) is 11.2. The van der Waals surface area contributed by atoms with Crippen molar-refractivity contribution in [1.82, 2.24) is 19.8 Å². The van der Waals surface area contributed by atoms with Crippen molar-refractivity contribution in [3.05, 3.63) is 18.2 Å². The molecule has 18 heavy (non-hydrogen) atoms. The minimum Gasteiger partial charge on any atom is -0.395 e. The van der Waals surface area contributed by atoms with Crippen molar-refractivity contribution in [2.75, 3.05) is 26.2 Å². The highest BCUT2D eigenvalue weighted by atomic mass is 16.3. The third kappa shape index (κ3) is 3.54. The predicted octanol–water partition coefficient (Wildman–Crippen LogP) is 0.449. The van der Waals surface area contributed by atoms with E-state index in [0.717, 1.165) is 51.4 Å². The van der Waals surface area contributed by atoms with Crippen LogP contribution in [0.5, 0.6) is 0 Å². The Bertz CT molecular complexity index is 353. The molecule has 0 fully saturated rings. The summed E-state index contributed by atoms with van der Waals surface area (Å²) in [4.78, 5) is 6.78. The second kappa shape index (κ2) is 6.87. The lowest BCUT2D eigenvalue weighted by atomic mass is 10.2. The van der Waals surface area contributed by atoms with Gasteiger partial charge in [-0.05, 0) is 19.4 Å². The molecular formula is C13H24N4O. The van der Waals surface area contributed by atoms with Gasteiger partial charge in [0, 0.05) is 38.1 Å².